The summed E-state index contributed by atoms with van der Waals surface area (Å²) in [7, 11) is 0. The Bertz CT molecular complexity index is 3090. The van der Waals surface area contributed by atoms with Crippen LogP contribution < -0.4 is 25.3 Å². The lowest BCUT2D eigenvalue weighted by Crippen LogP contribution is -2.32. The lowest BCUT2D eigenvalue weighted by Gasteiger charge is -2.19. The standard InChI is InChI=1S/C18H21FN2O3.C13H13FN2O.C12H9BrFNO.C6H5BrFN.C6H5FO.ClH.H2/c1-12-9-16(23-15-8-6-5-7-14(15)19)20-10-13(12)11-21-17(22)24-18(2,3)4;1-9-6-13(16-8-10(9)7-15)17-12-5-3-2-4-11(12)14;1-8-6-12(15-7-9(8)13)16-11-5-3-2-4-10(11)14;1-4-2-6(8)9-3-5(4)7;7-5-3-1-2-4-6(5)8;;/h5-10H,11H2,1-4H3,(H,21,22);2-6,8H,7,15H2,1H3;2-7H,1H3;2-3H,1H3;1-4,8H;2*1H/i;;;;;;1+2. The number of rotatable bonds is 9. The number of nitrogens with one attached hydrogen (secondary N) is 1. The fourth-order valence-corrected chi connectivity index (χ4v) is 5.99. The molecule has 0 aliphatic carbocycles. The molecule has 0 unspecified atom stereocenters. The van der Waals surface area contributed by atoms with Gasteiger partial charge in [0.2, 0.25) is 23.6 Å². The van der Waals surface area contributed by atoms with Crippen LogP contribution >= 0.6 is 44.3 Å². The van der Waals surface area contributed by atoms with Crippen molar-refractivity contribution in [2.45, 2.75) is 67.2 Å². The summed E-state index contributed by atoms with van der Waals surface area (Å²) in [6.45, 7) is 13.6. The molecule has 0 saturated carbocycles. The van der Waals surface area contributed by atoms with Crippen molar-refractivity contribution in [1.82, 2.24) is 25.3 Å². The van der Waals surface area contributed by atoms with Crippen LogP contribution in [0.15, 0.2) is 155 Å². The second kappa shape index (κ2) is 30.9. The number of amides is 1. The quantitative estimate of drug-likeness (QED) is 0.0931. The number of halogens is 8. The number of aromatic nitrogens is 4. The van der Waals surface area contributed by atoms with Crippen molar-refractivity contribution in [3.8, 4) is 40.6 Å². The fourth-order valence-electron chi connectivity index (χ4n) is 5.56. The van der Waals surface area contributed by atoms with Crippen molar-refractivity contribution in [2.75, 3.05) is 0 Å². The van der Waals surface area contributed by atoms with Crippen LogP contribution in [0.3, 0.4) is 0 Å². The number of phenols is 1. The number of carbonyl (C=O) groups excluding carboxylic acids is 1. The molecule has 0 bridgehead atoms. The molecule has 8 rings (SSSR count). The van der Waals surface area contributed by atoms with E-state index in [4.69, 9.17) is 29.8 Å². The molecule has 1 amide bonds. The van der Waals surface area contributed by atoms with Crippen LogP contribution in [0, 0.1) is 56.9 Å². The number of aromatic hydroxyl groups is 1. The summed E-state index contributed by atoms with van der Waals surface area (Å²) in [6.07, 6.45) is 5.82. The Morgan fingerprint density at radius 1 is 0.573 bits per heavy atom. The van der Waals surface area contributed by atoms with E-state index >= 15 is 0 Å². The van der Waals surface area contributed by atoms with Crippen LogP contribution in [0.25, 0.3) is 0 Å². The minimum Gasteiger partial charge on any atom is -0.505 e. The van der Waals surface area contributed by atoms with Crippen molar-refractivity contribution in [3.63, 3.8) is 0 Å². The Morgan fingerprint density at radius 2 is 0.947 bits per heavy atom. The van der Waals surface area contributed by atoms with Gasteiger partial charge in [-0.2, -0.15) is 4.39 Å². The number of aryl methyl sites for hydroxylation is 4. The molecule has 75 heavy (non-hydrogen) atoms. The van der Waals surface area contributed by atoms with E-state index in [0.717, 1.165) is 42.3 Å². The number of carbonyl (C=O) groups is 1. The van der Waals surface area contributed by atoms with Crippen LogP contribution in [0.2, 0.25) is 0 Å². The van der Waals surface area contributed by atoms with E-state index in [0.29, 0.717) is 24.2 Å². The zero-order chi connectivity index (χ0) is 54.4. The number of nitrogens with zero attached hydrogens (tertiary/aromatic N) is 4. The van der Waals surface area contributed by atoms with Gasteiger partial charge in [0, 0.05) is 66.4 Å². The van der Waals surface area contributed by atoms with Crippen molar-refractivity contribution in [2.24, 2.45) is 5.73 Å². The lowest BCUT2D eigenvalue weighted by molar-refractivity contribution is 0.0523. The molecule has 0 fully saturated rings. The highest BCUT2D eigenvalue weighted by molar-refractivity contribution is 9.10. The number of hydrogen-bond donors (Lipinski definition) is 3. The Kier molecular flexibility index (Phi) is 25.6. The first kappa shape index (κ1) is 62.1. The highest BCUT2D eigenvalue weighted by Crippen LogP contribution is 2.27. The van der Waals surface area contributed by atoms with Gasteiger partial charge in [-0.1, -0.05) is 48.5 Å². The maximum absolute atomic E-state index is 13.6. The molecule has 12 nitrogen and oxygen atoms in total. The second-order valence-corrected chi connectivity index (χ2v) is 18.2. The number of alkyl carbamates (subject to hydrolysis) is 1. The molecule has 398 valence electrons. The highest BCUT2D eigenvalue weighted by Gasteiger charge is 2.16. The van der Waals surface area contributed by atoms with Gasteiger partial charge in [-0.25, -0.2) is 42.3 Å². The van der Waals surface area contributed by atoms with Gasteiger partial charge in [0.15, 0.2) is 46.3 Å². The zero-order valence-corrected chi connectivity index (χ0v) is 45.7. The van der Waals surface area contributed by atoms with Gasteiger partial charge in [0.25, 0.3) is 0 Å². The Labute approximate surface area is 456 Å². The molecular formula is C55H56Br2ClF5N6O6. The maximum atomic E-state index is 13.6. The Balaban J connectivity index is 0.000000339. The molecule has 0 atom stereocenters. The van der Waals surface area contributed by atoms with Crippen LogP contribution in [-0.4, -0.2) is 36.7 Å². The van der Waals surface area contributed by atoms with Crippen LogP contribution in [0.4, 0.5) is 26.7 Å². The van der Waals surface area contributed by atoms with Crippen molar-refractivity contribution in [3.05, 3.63) is 218 Å². The molecule has 4 heterocycles. The van der Waals surface area contributed by atoms with E-state index in [2.05, 4.69) is 57.1 Å². The molecule has 4 N–H and O–H groups in total. The molecule has 20 heteroatoms. The molecule has 0 aliphatic heterocycles. The maximum Gasteiger partial charge on any atom is 0.407 e. The average molecular weight is 1190 g/mol. The Hall–Kier alpha value is -7.19. The summed E-state index contributed by atoms with van der Waals surface area (Å²) in [4.78, 5) is 27.4. The van der Waals surface area contributed by atoms with E-state index in [-0.39, 0.29) is 43.4 Å². The third-order valence-electron chi connectivity index (χ3n) is 9.47. The van der Waals surface area contributed by atoms with E-state index in [1.165, 1.54) is 54.7 Å². The second-order valence-electron chi connectivity index (χ2n) is 16.5. The van der Waals surface area contributed by atoms with Gasteiger partial charge in [0.1, 0.15) is 5.60 Å². The number of phenolic OH excluding ortho intramolecular Hbond substituents is 1. The molecule has 4 aromatic carbocycles. The zero-order valence-electron chi connectivity index (χ0n) is 41.7. The van der Waals surface area contributed by atoms with Gasteiger partial charge < -0.3 is 35.1 Å². The van der Waals surface area contributed by atoms with E-state index < -0.39 is 40.9 Å². The lowest BCUT2D eigenvalue weighted by atomic mass is 10.1. The summed E-state index contributed by atoms with van der Waals surface area (Å²) in [6, 6.07) is 30.7. The van der Waals surface area contributed by atoms with E-state index in [9.17, 15) is 26.7 Å². The van der Waals surface area contributed by atoms with Gasteiger partial charge in [-0.05, 0) is 168 Å². The minimum absolute atomic E-state index is 0. The van der Waals surface area contributed by atoms with Gasteiger partial charge in [-0.3, -0.25) is 0 Å². The molecule has 0 aliphatic rings. The first-order valence-electron chi connectivity index (χ1n) is 22.3. The van der Waals surface area contributed by atoms with Crippen LogP contribution in [0.5, 0.6) is 40.6 Å². The molecule has 0 saturated heterocycles. The number of para-hydroxylation sites is 4. The molecule has 0 radical (unpaired) electrons. The highest BCUT2D eigenvalue weighted by atomic mass is 79.9. The SMILES string of the molecule is Cc1cc(F)ncc1Br.Cc1cc(Oc2ccccc2F)ncc1Br.Cc1cc(Oc2ccccc2F)ncc1CN.Cc1cc(Oc2ccccc2F)ncc1CNC(=O)OC(C)(C)C.Cl.Oc1ccccc1F.[3HH]. The minimum atomic E-state index is -0.576. The third kappa shape index (κ3) is 22.1. The summed E-state index contributed by atoms with van der Waals surface area (Å²) < 4.78 is 87.6. The third-order valence-corrected chi connectivity index (χ3v) is 11.1. The number of nitrogens with two attached hydrogens (primary N) is 1. The predicted octanol–water partition coefficient (Wildman–Crippen LogP) is 15.7. The monoisotopic (exact) mass is 1190 g/mol. The van der Waals surface area contributed by atoms with E-state index in [1.54, 1.807) is 112 Å². The predicted molar refractivity (Wildman–Crippen MR) is 289 cm³/mol. The van der Waals surface area contributed by atoms with Crippen molar-refractivity contribution in [1.29, 1.82) is 0 Å². The van der Waals surface area contributed by atoms with E-state index in [1.807, 2.05) is 27.7 Å². The fraction of sp³-hybridized carbons (Fsp3) is 0.182. The molecule has 8 aromatic rings. The topological polar surface area (TPSA) is 164 Å². The number of benzene rings is 4. The van der Waals surface area contributed by atoms with Gasteiger partial charge in [0.05, 0.1) is 0 Å². The van der Waals surface area contributed by atoms with Crippen molar-refractivity contribution < 1.29 is 52.2 Å². The molecule has 0 spiro atoms. The van der Waals surface area contributed by atoms with Gasteiger partial charge in [-0.15, -0.1) is 12.4 Å². The van der Waals surface area contributed by atoms with Crippen LogP contribution in [0.1, 0.15) is 55.6 Å². The number of pyridine rings is 4. The smallest absolute Gasteiger partial charge is 0.407 e. The van der Waals surface area contributed by atoms with Gasteiger partial charge >= 0.3 is 6.09 Å². The normalized spacial score (nSPS) is 10.2. The number of hydrogen-bond acceptors (Lipinski definition) is 11. The summed E-state index contributed by atoms with van der Waals surface area (Å²) in [5.41, 5.74) is 10.5. The summed E-state index contributed by atoms with van der Waals surface area (Å²) in [5.74, 6) is -1.07. The average Bonchev–Trinajstić information content (AvgIpc) is 3.35. The molecular weight excluding hydrogens is 1130 g/mol. The van der Waals surface area contributed by atoms with Crippen molar-refractivity contribution >= 4 is 50.4 Å². The summed E-state index contributed by atoms with van der Waals surface area (Å²) in [5, 5.41) is 11.2. The first-order chi connectivity index (χ1) is 35.1. The first-order valence-corrected chi connectivity index (χ1v) is 23.9. The largest absolute Gasteiger partial charge is 0.505 e. The summed E-state index contributed by atoms with van der Waals surface area (Å²) >= 11 is 6.54. The van der Waals surface area contributed by atoms with Crippen LogP contribution in [-0.2, 0) is 17.8 Å². The Morgan fingerprint density at radius 3 is 1.29 bits per heavy atom. The molecule has 4 aromatic heterocycles. The number of ether oxygens (including phenoxy) is 4.